The molecule has 4 rings (SSSR count). The molecule has 0 aliphatic heterocycles. The van der Waals surface area contributed by atoms with Crippen LogP contribution in [0.15, 0.2) is 30.3 Å². The van der Waals surface area contributed by atoms with Gasteiger partial charge in [0.15, 0.2) is 5.69 Å². The summed E-state index contributed by atoms with van der Waals surface area (Å²) in [5, 5.41) is 8.23. The van der Waals surface area contributed by atoms with E-state index in [-0.39, 0.29) is 10.8 Å². The molecule has 1 aliphatic carbocycles. The monoisotopic (exact) mass is 556 g/mol. The Morgan fingerprint density at radius 3 is 2.41 bits per heavy atom. The number of rotatable bonds is 10. The number of nitrogens with zero attached hydrogens (tertiary/aromatic N) is 1. The number of hydrogen-bond acceptors (Lipinski definition) is 3. The van der Waals surface area contributed by atoms with E-state index in [0.29, 0.717) is 18.4 Å². The number of alkyl halides is 3. The van der Waals surface area contributed by atoms with Crippen LogP contribution in [0.1, 0.15) is 76.2 Å². The Bertz CT molecular complexity index is 1160. The summed E-state index contributed by atoms with van der Waals surface area (Å²) >= 11 is 11.6. The summed E-state index contributed by atoms with van der Waals surface area (Å²) in [7, 11) is 0. The molecule has 3 aromatic rings. The van der Waals surface area contributed by atoms with Gasteiger partial charge in [-0.25, -0.2) is 4.98 Å². The highest BCUT2D eigenvalue weighted by atomic mass is 35.5. The summed E-state index contributed by atoms with van der Waals surface area (Å²) in [6.45, 7) is 10.5. The van der Waals surface area contributed by atoms with Crippen molar-refractivity contribution in [2.75, 3.05) is 18.4 Å². The normalized spacial score (nSPS) is 14.5. The Labute approximate surface area is 227 Å². The minimum Gasteiger partial charge on any atom is -0.370 e. The molecule has 9 heteroatoms. The zero-order chi connectivity index (χ0) is 27.2. The second kappa shape index (κ2) is 13.2. The Morgan fingerprint density at radius 2 is 1.81 bits per heavy atom. The first-order chi connectivity index (χ1) is 17.5. The molecule has 1 fully saturated rings. The minimum atomic E-state index is -4.51. The topological polar surface area (TPSA) is 52.7 Å². The van der Waals surface area contributed by atoms with Gasteiger partial charge in [0, 0.05) is 46.7 Å². The summed E-state index contributed by atoms with van der Waals surface area (Å²) in [6, 6.07) is 9.59. The minimum absolute atomic E-state index is 0.188. The lowest BCUT2D eigenvalue weighted by molar-refractivity contribution is -0.141. The van der Waals surface area contributed by atoms with Crippen LogP contribution < -0.4 is 10.6 Å². The highest BCUT2D eigenvalue weighted by Crippen LogP contribution is 2.35. The van der Waals surface area contributed by atoms with Gasteiger partial charge in [-0.1, -0.05) is 57.3 Å². The van der Waals surface area contributed by atoms with E-state index >= 15 is 0 Å². The Morgan fingerprint density at radius 1 is 1.08 bits per heavy atom. The Balaban J connectivity index is 0.000000222. The SMILES string of the molecule is CCCNc1ccc(Cl)c(C(F)(F)F)n1.CCCc1c(C(CNC2CC2)C(C)C)[nH]c2ccc(Cl)cc12. The summed E-state index contributed by atoms with van der Waals surface area (Å²) in [4.78, 5) is 7.12. The van der Waals surface area contributed by atoms with Gasteiger partial charge >= 0.3 is 6.18 Å². The number of aromatic amines is 1. The Kier molecular flexibility index (Phi) is 10.6. The highest BCUT2D eigenvalue weighted by Gasteiger charge is 2.35. The van der Waals surface area contributed by atoms with E-state index in [1.54, 1.807) is 0 Å². The fourth-order valence-corrected chi connectivity index (χ4v) is 4.71. The molecule has 0 spiro atoms. The van der Waals surface area contributed by atoms with Crippen molar-refractivity contribution < 1.29 is 13.2 Å². The van der Waals surface area contributed by atoms with Crippen molar-refractivity contribution >= 4 is 39.9 Å². The van der Waals surface area contributed by atoms with E-state index < -0.39 is 11.9 Å². The molecule has 2 aromatic heterocycles. The van der Waals surface area contributed by atoms with Gasteiger partial charge in [0.1, 0.15) is 5.82 Å². The van der Waals surface area contributed by atoms with Gasteiger partial charge < -0.3 is 15.6 Å². The fraction of sp³-hybridized carbons (Fsp3) is 0.536. The fourth-order valence-electron chi connectivity index (χ4n) is 4.32. The number of fused-ring (bicyclic) bond motifs is 1. The lowest BCUT2D eigenvalue weighted by atomic mass is 9.88. The van der Waals surface area contributed by atoms with Crippen LogP contribution in [0.3, 0.4) is 0 Å². The van der Waals surface area contributed by atoms with Gasteiger partial charge in [0.05, 0.1) is 5.02 Å². The molecule has 0 saturated heterocycles. The molecule has 1 aliphatic rings. The molecule has 4 nitrogen and oxygen atoms in total. The molecule has 204 valence electrons. The van der Waals surface area contributed by atoms with Gasteiger partial charge in [-0.05, 0) is 67.5 Å². The number of aryl methyl sites for hydroxylation is 1. The smallest absolute Gasteiger partial charge is 0.370 e. The van der Waals surface area contributed by atoms with Crippen molar-refractivity contribution in [3.63, 3.8) is 0 Å². The molecular weight excluding hydrogens is 520 g/mol. The maximum absolute atomic E-state index is 12.4. The van der Waals surface area contributed by atoms with Crippen molar-refractivity contribution in [1.82, 2.24) is 15.3 Å². The zero-order valence-electron chi connectivity index (χ0n) is 21.9. The predicted octanol–water partition coefficient (Wildman–Crippen LogP) is 8.84. The van der Waals surface area contributed by atoms with Gasteiger partial charge in [-0.15, -0.1) is 0 Å². The zero-order valence-corrected chi connectivity index (χ0v) is 23.4. The summed E-state index contributed by atoms with van der Waals surface area (Å²) < 4.78 is 37.1. The van der Waals surface area contributed by atoms with Crippen LogP contribution in [0.5, 0.6) is 0 Å². The number of hydrogen-bond donors (Lipinski definition) is 3. The number of pyridine rings is 1. The summed E-state index contributed by atoms with van der Waals surface area (Å²) in [5.41, 5.74) is 3.06. The van der Waals surface area contributed by atoms with Gasteiger partial charge in [0.25, 0.3) is 0 Å². The largest absolute Gasteiger partial charge is 0.434 e. The maximum atomic E-state index is 12.4. The number of aromatic nitrogens is 2. The van der Waals surface area contributed by atoms with Crippen molar-refractivity contribution in [3.05, 3.63) is 57.3 Å². The summed E-state index contributed by atoms with van der Waals surface area (Å²) in [5.74, 6) is 1.34. The molecular formula is C28H37Cl2F3N4. The predicted molar refractivity (Wildman–Crippen MR) is 149 cm³/mol. The third-order valence-corrected chi connectivity index (χ3v) is 6.99. The average molecular weight is 558 g/mol. The van der Waals surface area contributed by atoms with E-state index in [0.717, 1.165) is 36.9 Å². The van der Waals surface area contributed by atoms with Crippen molar-refractivity contribution in [2.24, 2.45) is 5.92 Å². The van der Waals surface area contributed by atoms with Crippen molar-refractivity contribution in [2.45, 2.75) is 77.9 Å². The molecule has 3 N–H and O–H groups in total. The van der Waals surface area contributed by atoms with Crippen LogP contribution in [0.25, 0.3) is 10.9 Å². The number of nitrogens with one attached hydrogen (secondary N) is 3. The third kappa shape index (κ3) is 8.26. The first kappa shape index (κ1) is 29.6. The highest BCUT2D eigenvalue weighted by molar-refractivity contribution is 6.31. The van der Waals surface area contributed by atoms with Gasteiger partial charge in [0.2, 0.25) is 0 Å². The van der Waals surface area contributed by atoms with Crippen molar-refractivity contribution in [3.8, 4) is 0 Å². The van der Waals surface area contributed by atoms with E-state index in [4.69, 9.17) is 23.2 Å². The molecule has 1 saturated carbocycles. The number of benzene rings is 1. The standard InChI is InChI=1S/C19H27ClN2.C9H10ClF3N2/c1-4-5-15-16-10-13(20)6-9-18(16)22-19(15)17(12(2)3)11-21-14-7-8-14;1-2-5-14-7-4-3-6(10)8(15-7)9(11,12)13/h6,9-10,12,14,17,21-22H,4-5,7-8,11H2,1-3H3;3-4H,2,5H2,1H3,(H,14,15). The number of H-pyrrole nitrogens is 1. The van der Waals surface area contributed by atoms with Crippen LogP contribution in [0.2, 0.25) is 10.0 Å². The lowest BCUT2D eigenvalue weighted by Crippen LogP contribution is -2.27. The van der Waals surface area contributed by atoms with E-state index in [1.165, 1.54) is 47.1 Å². The molecule has 1 unspecified atom stereocenters. The number of halogens is 5. The van der Waals surface area contributed by atoms with Gasteiger partial charge in [-0.2, -0.15) is 13.2 Å². The molecule has 2 heterocycles. The first-order valence-electron chi connectivity index (χ1n) is 13.1. The van der Waals surface area contributed by atoms with Gasteiger partial charge in [-0.3, -0.25) is 0 Å². The summed E-state index contributed by atoms with van der Waals surface area (Å²) in [6.07, 6.45) is 1.26. The van der Waals surface area contributed by atoms with E-state index in [2.05, 4.69) is 53.5 Å². The van der Waals surface area contributed by atoms with E-state index in [9.17, 15) is 13.2 Å². The maximum Gasteiger partial charge on any atom is 0.434 e. The molecule has 0 amide bonds. The molecule has 37 heavy (non-hydrogen) atoms. The second-order valence-electron chi connectivity index (χ2n) is 9.94. The molecule has 1 atom stereocenters. The van der Waals surface area contributed by atoms with Crippen LogP contribution >= 0.6 is 23.2 Å². The number of anilines is 1. The van der Waals surface area contributed by atoms with Crippen LogP contribution in [-0.2, 0) is 12.6 Å². The first-order valence-corrected chi connectivity index (χ1v) is 13.8. The van der Waals surface area contributed by atoms with Crippen molar-refractivity contribution in [1.29, 1.82) is 0 Å². The average Bonchev–Trinajstić information content (AvgIpc) is 3.60. The van der Waals surface area contributed by atoms with Crippen LogP contribution in [0.4, 0.5) is 19.0 Å². The molecule has 0 bridgehead atoms. The van der Waals surface area contributed by atoms with E-state index in [1.807, 2.05) is 13.0 Å². The van der Waals surface area contributed by atoms with Crippen LogP contribution in [0, 0.1) is 5.92 Å². The van der Waals surface area contributed by atoms with Crippen LogP contribution in [-0.4, -0.2) is 29.1 Å². The molecule has 1 aromatic carbocycles. The lowest BCUT2D eigenvalue weighted by Gasteiger charge is -2.22. The third-order valence-electron chi connectivity index (χ3n) is 6.45. The quantitative estimate of drug-likeness (QED) is 0.233. The second-order valence-corrected chi connectivity index (χ2v) is 10.8. The molecule has 0 radical (unpaired) electrons. The Hall–Kier alpha value is -1.96.